The number of carbonyl (C=O) groups is 2. The van der Waals surface area contributed by atoms with Crippen LogP contribution in [-0.4, -0.2) is 29.9 Å². The van der Waals surface area contributed by atoms with Crippen LogP contribution in [0.1, 0.15) is 18.9 Å². The van der Waals surface area contributed by atoms with E-state index in [-0.39, 0.29) is 11.8 Å². The van der Waals surface area contributed by atoms with E-state index in [1.54, 1.807) is 0 Å². The minimum absolute atomic E-state index is 0.0252. The molecule has 6 heteroatoms. The third-order valence-corrected chi connectivity index (χ3v) is 4.28. The van der Waals surface area contributed by atoms with Crippen LogP contribution in [0.4, 0.5) is 11.4 Å². The highest BCUT2D eigenvalue weighted by Gasteiger charge is 2.05. The third-order valence-electron chi connectivity index (χ3n) is 4.28. The van der Waals surface area contributed by atoms with Gasteiger partial charge in [0.15, 0.2) is 0 Å². The Hall–Kier alpha value is -3.28. The van der Waals surface area contributed by atoms with Crippen LogP contribution in [0.2, 0.25) is 0 Å². The van der Waals surface area contributed by atoms with Crippen LogP contribution < -0.4 is 16.0 Å². The summed E-state index contributed by atoms with van der Waals surface area (Å²) in [5.74, 6) is -0.0720. The number of carbonyl (C=O) groups excluding carboxylic acids is 2. The van der Waals surface area contributed by atoms with Crippen molar-refractivity contribution in [3.63, 3.8) is 0 Å². The van der Waals surface area contributed by atoms with Crippen LogP contribution in [0.25, 0.3) is 10.9 Å². The van der Waals surface area contributed by atoms with E-state index in [1.807, 2.05) is 48.7 Å². The van der Waals surface area contributed by atoms with Crippen LogP contribution >= 0.6 is 0 Å². The standard InChI is InChI=1S/C21H24N4O2/c1-15(26)25-18-8-6-17(7-9-18)22-13-11-21(27)23-12-10-16-14-24-20-5-3-2-4-19(16)20/h2-9,14,22,24H,10-13H2,1H3,(H,23,27)(H,25,26). The van der Waals surface area contributed by atoms with Gasteiger partial charge in [0.05, 0.1) is 0 Å². The van der Waals surface area contributed by atoms with E-state index < -0.39 is 0 Å². The average Bonchev–Trinajstić information content (AvgIpc) is 3.06. The Kier molecular flexibility index (Phi) is 6.10. The van der Waals surface area contributed by atoms with E-state index in [0.29, 0.717) is 19.5 Å². The lowest BCUT2D eigenvalue weighted by Crippen LogP contribution is -2.27. The van der Waals surface area contributed by atoms with Gasteiger partial charge in [-0.05, 0) is 42.3 Å². The maximum absolute atomic E-state index is 12.0. The Morgan fingerprint density at radius 1 is 0.963 bits per heavy atom. The number of H-pyrrole nitrogens is 1. The topological polar surface area (TPSA) is 86.0 Å². The van der Waals surface area contributed by atoms with E-state index in [2.05, 4.69) is 27.0 Å². The van der Waals surface area contributed by atoms with Crippen molar-refractivity contribution in [2.45, 2.75) is 19.8 Å². The summed E-state index contributed by atoms with van der Waals surface area (Å²) in [4.78, 5) is 26.2. The fourth-order valence-electron chi connectivity index (χ4n) is 2.96. The van der Waals surface area contributed by atoms with Gasteiger partial charge in [0.2, 0.25) is 11.8 Å². The van der Waals surface area contributed by atoms with Gasteiger partial charge in [-0.3, -0.25) is 9.59 Å². The molecule has 1 heterocycles. The number of aromatic nitrogens is 1. The minimum atomic E-state index is -0.0972. The minimum Gasteiger partial charge on any atom is -0.385 e. The number of anilines is 2. The zero-order valence-electron chi connectivity index (χ0n) is 15.3. The summed E-state index contributed by atoms with van der Waals surface area (Å²) in [5.41, 5.74) is 4.00. The van der Waals surface area contributed by atoms with Crippen molar-refractivity contribution in [3.8, 4) is 0 Å². The maximum atomic E-state index is 12.0. The van der Waals surface area contributed by atoms with Crippen LogP contribution in [0.15, 0.2) is 54.7 Å². The summed E-state index contributed by atoms with van der Waals surface area (Å²) >= 11 is 0. The molecule has 0 unspecified atom stereocenters. The van der Waals surface area contributed by atoms with Crippen LogP contribution in [0.5, 0.6) is 0 Å². The predicted molar refractivity (Wildman–Crippen MR) is 109 cm³/mol. The fraction of sp³-hybridized carbons (Fsp3) is 0.238. The van der Waals surface area contributed by atoms with Crippen LogP contribution in [-0.2, 0) is 16.0 Å². The highest BCUT2D eigenvalue weighted by atomic mass is 16.2. The highest BCUT2D eigenvalue weighted by molar-refractivity contribution is 5.88. The lowest BCUT2D eigenvalue weighted by atomic mass is 10.1. The van der Waals surface area contributed by atoms with Gasteiger partial charge in [0, 0.05) is 54.9 Å². The summed E-state index contributed by atoms with van der Waals surface area (Å²) in [6.45, 7) is 2.65. The molecule has 3 rings (SSSR count). The number of rotatable bonds is 8. The number of fused-ring (bicyclic) bond motifs is 1. The molecule has 0 spiro atoms. The van der Waals surface area contributed by atoms with Crippen molar-refractivity contribution in [3.05, 3.63) is 60.3 Å². The van der Waals surface area contributed by atoms with Gasteiger partial charge >= 0.3 is 0 Å². The van der Waals surface area contributed by atoms with Gasteiger partial charge in [0.1, 0.15) is 0 Å². The van der Waals surface area contributed by atoms with Crippen molar-refractivity contribution in [2.24, 2.45) is 0 Å². The van der Waals surface area contributed by atoms with E-state index >= 15 is 0 Å². The normalized spacial score (nSPS) is 10.6. The Labute approximate surface area is 158 Å². The van der Waals surface area contributed by atoms with Crippen LogP contribution in [0.3, 0.4) is 0 Å². The number of hydrogen-bond donors (Lipinski definition) is 4. The maximum Gasteiger partial charge on any atom is 0.221 e. The van der Waals surface area contributed by atoms with E-state index in [0.717, 1.165) is 23.3 Å². The summed E-state index contributed by atoms with van der Waals surface area (Å²) in [7, 11) is 0. The molecular formula is C21H24N4O2. The first-order chi connectivity index (χ1) is 13.1. The zero-order chi connectivity index (χ0) is 19.1. The molecule has 4 N–H and O–H groups in total. The molecule has 0 bridgehead atoms. The van der Waals surface area contributed by atoms with Gasteiger partial charge in [-0.15, -0.1) is 0 Å². The summed E-state index contributed by atoms with van der Waals surface area (Å²) in [6, 6.07) is 15.6. The molecule has 0 aliphatic rings. The molecule has 1 aromatic heterocycles. The predicted octanol–water partition coefficient (Wildman–Crippen LogP) is 3.29. The number of benzene rings is 2. The molecular weight excluding hydrogens is 340 g/mol. The molecule has 27 heavy (non-hydrogen) atoms. The molecule has 3 aromatic rings. The molecule has 0 aliphatic heterocycles. The lowest BCUT2D eigenvalue weighted by Gasteiger charge is -2.08. The van der Waals surface area contributed by atoms with Gasteiger partial charge < -0.3 is 20.9 Å². The molecule has 0 saturated heterocycles. The van der Waals surface area contributed by atoms with Crippen molar-refractivity contribution in [2.75, 3.05) is 23.7 Å². The third kappa shape index (κ3) is 5.34. The largest absolute Gasteiger partial charge is 0.385 e. The molecule has 0 fully saturated rings. The van der Waals surface area contributed by atoms with E-state index in [1.165, 1.54) is 17.9 Å². The van der Waals surface area contributed by atoms with Gasteiger partial charge in [0.25, 0.3) is 0 Å². The second-order valence-electron chi connectivity index (χ2n) is 6.39. The SMILES string of the molecule is CC(=O)Nc1ccc(NCCC(=O)NCCc2c[nH]c3ccccc23)cc1. The quantitative estimate of drug-likeness (QED) is 0.495. The summed E-state index contributed by atoms with van der Waals surface area (Å²) in [5, 5.41) is 10.1. The number of amides is 2. The van der Waals surface area contributed by atoms with Gasteiger partial charge in [-0.1, -0.05) is 18.2 Å². The van der Waals surface area contributed by atoms with Crippen molar-refractivity contribution < 1.29 is 9.59 Å². The first-order valence-corrected chi connectivity index (χ1v) is 9.05. The van der Waals surface area contributed by atoms with E-state index in [9.17, 15) is 9.59 Å². The van der Waals surface area contributed by atoms with Crippen LogP contribution in [0, 0.1) is 0 Å². The summed E-state index contributed by atoms with van der Waals surface area (Å²) in [6.07, 6.45) is 3.21. The number of para-hydroxylation sites is 1. The zero-order valence-corrected chi connectivity index (χ0v) is 15.3. The Balaban J connectivity index is 1.36. The second kappa shape index (κ2) is 8.89. The van der Waals surface area contributed by atoms with Gasteiger partial charge in [-0.2, -0.15) is 0 Å². The Bertz CT molecular complexity index is 915. The molecule has 140 valence electrons. The smallest absolute Gasteiger partial charge is 0.221 e. The second-order valence-corrected chi connectivity index (χ2v) is 6.39. The Morgan fingerprint density at radius 2 is 1.70 bits per heavy atom. The van der Waals surface area contributed by atoms with Crippen molar-refractivity contribution in [1.29, 1.82) is 0 Å². The molecule has 6 nitrogen and oxygen atoms in total. The van der Waals surface area contributed by atoms with Crippen molar-refractivity contribution in [1.82, 2.24) is 10.3 Å². The molecule has 0 aliphatic carbocycles. The van der Waals surface area contributed by atoms with Crippen molar-refractivity contribution >= 4 is 34.1 Å². The average molecular weight is 364 g/mol. The molecule has 0 atom stereocenters. The molecule has 2 aromatic carbocycles. The van der Waals surface area contributed by atoms with E-state index in [4.69, 9.17) is 0 Å². The molecule has 2 amide bonds. The number of hydrogen-bond acceptors (Lipinski definition) is 3. The Morgan fingerprint density at radius 3 is 2.48 bits per heavy atom. The fourth-order valence-corrected chi connectivity index (χ4v) is 2.96. The number of nitrogens with one attached hydrogen (secondary N) is 4. The molecule has 0 saturated carbocycles. The first kappa shape index (κ1) is 18.5. The highest BCUT2D eigenvalue weighted by Crippen LogP contribution is 2.17. The number of aromatic amines is 1. The van der Waals surface area contributed by atoms with Gasteiger partial charge in [-0.25, -0.2) is 0 Å². The molecule has 0 radical (unpaired) electrons. The monoisotopic (exact) mass is 364 g/mol. The lowest BCUT2D eigenvalue weighted by molar-refractivity contribution is -0.120. The first-order valence-electron chi connectivity index (χ1n) is 9.05. The summed E-state index contributed by atoms with van der Waals surface area (Å²) < 4.78 is 0.